The zero-order chi connectivity index (χ0) is 11.8. The van der Waals surface area contributed by atoms with Crippen molar-refractivity contribution in [3.63, 3.8) is 0 Å². The number of aliphatic imine (C=N–C) groups is 1. The highest BCUT2D eigenvalue weighted by Crippen LogP contribution is 2.20. The van der Waals surface area contributed by atoms with Crippen molar-refractivity contribution in [1.82, 2.24) is 10.6 Å². The first kappa shape index (κ1) is 13.1. The number of hydrogen-bond acceptors (Lipinski definition) is 2. The second kappa shape index (κ2) is 7.31. The van der Waals surface area contributed by atoms with Gasteiger partial charge in [-0.1, -0.05) is 5.92 Å². The van der Waals surface area contributed by atoms with Crippen LogP contribution in [0.3, 0.4) is 0 Å². The van der Waals surface area contributed by atoms with Gasteiger partial charge < -0.3 is 10.6 Å². The fraction of sp³-hybridized carbons (Fsp3) is 0.364. The molecular formula is C11H14BrN3S. The van der Waals surface area contributed by atoms with Crippen LogP contribution in [0.5, 0.6) is 0 Å². The average molecular weight is 300 g/mol. The summed E-state index contributed by atoms with van der Waals surface area (Å²) in [6, 6.07) is 2.07. The zero-order valence-electron chi connectivity index (χ0n) is 9.09. The Kier molecular flexibility index (Phi) is 5.98. The Labute approximate surface area is 108 Å². The molecule has 3 nitrogen and oxygen atoms in total. The molecule has 0 atom stereocenters. The maximum absolute atomic E-state index is 5.18. The number of nitrogens with zero attached hydrogens (tertiary/aromatic N) is 1. The monoisotopic (exact) mass is 299 g/mol. The van der Waals surface area contributed by atoms with Crippen molar-refractivity contribution in [2.45, 2.75) is 13.5 Å². The van der Waals surface area contributed by atoms with Gasteiger partial charge in [-0.05, 0) is 28.9 Å². The molecule has 2 N–H and O–H groups in total. The summed E-state index contributed by atoms with van der Waals surface area (Å²) in [5.74, 6) is 3.28. The smallest absolute Gasteiger partial charge is 0.192 e. The van der Waals surface area contributed by atoms with Gasteiger partial charge in [-0.3, -0.25) is 0 Å². The molecule has 0 fully saturated rings. The number of terminal acetylenes is 1. The lowest BCUT2D eigenvalue weighted by Gasteiger charge is -2.07. The Hall–Kier alpha value is -0.990. The SMILES string of the molecule is C#CCNC(=NCc1cc(Br)cs1)NCC. The van der Waals surface area contributed by atoms with Crippen LogP contribution in [0.15, 0.2) is 20.9 Å². The van der Waals surface area contributed by atoms with Crippen molar-refractivity contribution in [3.8, 4) is 12.3 Å². The highest BCUT2D eigenvalue weighted by atomic mass is 79.9. The molecule has 0 amide bonds. The molecule has 0 saturated carbocycles. The summed E-state index contributed by atoms with van der Waals surface area (Å²) in [5, 5.41) is 8.22. The molecule has 1 aromatic heterocycles. The first-order chi connectivity index (χ1) is 7.76. The first-order valence-electron chi connectivity index (χ1n) is 4.94. The lowest BCUT2D eigenvalue weighted by atomic mass is 10.5. The van der Waals surface area contributed by atoms with Gasteiger partial charge in [-0.15, -0.1) is 17.8 Å². The zero-order valence-corrected chi connectivity index (χ0v) is 11.5. The van der Waals surface area contributed by atoms with Crippen molar-refractivity contribution in [2.24, 2.45) is 4.99 Å². The molecule has 16 heavy (non-hydrogen) atoms. The number of nitrogens with one attached hydrogen (secondary N) is 2. The van der Waals surface area contributed by atoms with Gasteiger partial charge >= 0.3 is 0 Å². The Morgan fingerprint density at radius 1 is 1.62 bits per heavy atom. The van der Waals surface area contributed by atoms with E-state index in [-0.39, 0.29) is 0 Å². The average Bonchev–Trinajstić information content (AvgIpc) is 2.68. The summed E-state index contributed by atoms with van der Waals surface area (Å²) in [6.07, 6.45) is 5.18. The molecule has 1 heterocycles. The van der Waals surface area contributed by atoms with Gasteiger partial charge in [0.15, 0.2) is 5.96 Å². The first-order valence-corrected chi connectivity index (χ1v) is 6.62. The van der Waals surface area contributed by atoms with E-state index >= 15 is 0 Å². The molecule has 5 heteroatoms. The number of rotatable bonds is 4. The van der Waals surface area contributed by atoms with E-state index in [9.17, 15) is 0 Å². The van der Waals surface area contributed by atoms with Crippen molar-refractivity contribution in [3.05, 3.63) is 20.8 Å². The summed E-state index contributed by atoms with van der Waals surface area (Å²) < 4.78 is 1.10. The van der Waals surface area contributed by atoms with Gasteiger partial charge in [0.1, 0.15) is 0 Å². The van der Waals surface area contributed by atoms with Crippen LogP contribution >= 0.6 is 27.3 Å². The molecule has 0 spiro atoms. The maximum Gasteiger partial charge on any atom is 0.192 e. The van der Waals surface area contributed by atoms with Crippen LogP contribution < -0.4 is 10.6 Å². The van der Waals surface area contributed by atoms with E-state index in [2.05, 4.69) is 43.5 Å². The predicted molar refractivity (Wildman–Crippen MR) is 73.7 cm³/mol. The van der Waals surface area contributed by atoms with E-state index in [0.717, 1.165) is 17.0 Å². The number of thiophene rings is 1. The van der Waals surface area contributed by atoms with Crippen LogP contribution in [0.1, 0.15) is 11.8 Å². The number of hydrogen-bond donors (Lipinski definition) is 2. The maximum atomic E-state index is 5.18. The molecule has 0 aromatic carbocycles. The lowest BCUT2D eigenvalue weighted by molar-refractivity contribution is 0.868. The van der Waals surface area contributed by atoms with Crippen LogP contribution in [-0.2, 0) is 6.54 Å². The van der Waals surface area contributed by atoms with E-state index in [1.807, 2.05) is 12.3 Å². The van der Waals surface area contributed by atoms with Gasteiger partial charge in [0, 0.05) is 21.3 Å². The van der Waals surface area contributed by atoms with Crippen LogP contribution in [0.2, 0.25) is 0 Å². The van der Waals surface area contributed by atoms with Gasteiger partial charge in [0.2, 0.25) is 0 Å². The Bertz CT molecular complexity index is 392. The third-order valence-electron chi connectivity index (χ3n) is 1.72. The van der Waals surface area contributed by atoms with Crippen LogP contribution in [0, 0.1) is 12.3 Å². The molecule has 0 radical (unpaired) electrons. The van der Waals surface area contributed by atoms with Crippen LogP contribution in [0.25, 0.3) is 0 Å². The third kappa shape index (κ3) is 4.69. The highest BCUT2D eigenvalue weighted by molar-refractivity contribution is 9.10. The van der Waals surface area contributed by atoms with Gasteiger partial charge in [-0.25, -0.2) is 4.99 Å². The van der Waals surface area contributed by atoms with Gasteiger partial charge in [0.25, 0.3) is 0 Å². The third-order valence-corrected chi connectivity index (χ3v) is 3.40. The standard InChI is InChI=1S/C11H14BrN3S/c1-3-5-14-11(13-4-2)15-7-10-6-9(12)8-16-10/h1,6,8H,4-5,7H2,2H3,(H2,13,14,15). The fourth-order valence-electron chi connectivity index (χ4n) is 1.07. The summed E-state index contributed by atoms with van der Waals surface area (Å²) >= 11 is 5.10. The second-order valence-corrected chi connectivity index (χ2v) is 4.90. The van der Waals surface area contributed by atoms with E-state index in [4.69, 9.17) is 6.42 Å². The Morgan fingerprint density at radius 3 is 3.00 bits per heavy atom. The van der Waals surface area contributed by atoms with Crippen molar-refractivity contribution in [2.75, 3.05) is 13.1 Å². The predicted octanol–water partition coefficient (Wildman–Crippen LogP) is 2.20. The fourth-order valence-corrected chi connectivity index (χ4v) is 2.44. The minimum atomic E-state index is 0.486. The Balaban J connectivity index is 2.53. The summed E-state index contributed by atoms with van der Waals surface area (Å²) in [7, 11) is 0. The van der Waals surface area contributed by atoms with Crippen molar-refractivity contribution >= 4 is 33.2 Å². The van der Waals surface area contributed by atoms with E-state index in [1.165, 1.54) is 4.88 Å². The van der Waals surface area contributed by atoms with Crippen molar-refractivity contribution in [1.29, 1.82) is 0 Å². The Morgan fingerprint density at radius 2 is 2.44 bits per heavy atom. The minimum absolute atomic E-state index is 0.486. The molecule has 0 unspecified atom stereocenters. The molecule has 1 aromatic rings. The van der Waals surface area contributed by atoms with Crippen LogP contribution in [0.4, 0.5) is 0 Å². The molecule has 1 rings (SSSR count). The van der Waals surface area contributed by atoms with E-state index in [1.54, 1.807) is 11.3 Å². The molecular weight excluding hydrogens is 286 g/mol. The normalized spacial score (nSPS) is 10.9. The minimum Gasteiger partial charge on any atom is -0.357 e. The largest absolute Gasteiger partial charge is 0.357 e. The second-order valence-electron chi connectivity index (χ2n) is 2.98. The summed E-state index contributed by atoms with van der Waals surface area (Å²) in [5.41, 5.74) is 0. The molecule has 0 aliphatic carbocycles. The lowest BCUT2D eigenvalue weighted by Crippen LogP contribution is -2.37. The summed E-state index contributed by atoms with van der Waals surface area (Å²) in [6.45, 7) is 4.00. The highest BCUT2D eigenvalue weighted by Gasteiger charge is 1.98. The molecule has 0 aliphatic heterocycles. The van der Waals surface area contributed by atoms with Crippen molar-refractivity contribution < 1.29 is 0 Å². The number of guanidine groups is 1. The molecule has 0 saturated heterocycles. The summed E-state index contributed by atoms with van der Waals surface area (Å²) in [4.78, 5) is 5.64. The molecule has 0 aliphatic rings. The van der Waals surface area contributed by atoms with E-state index in [0.29, 0.717) is 13.1 Å². The molecule has 0 bridgehead atoms. The quantitative estimate of drug-likeness (QED) is 0.508. The van der Waals surface area contributed by atoms with Crippen LogP contribution in [-0.4, -0.2) is 19.0 Å². The van der Waals surface area contributed by atoms with E-state index < -0.39 is 0 Å². The van der Waals surface area contributed by atoms with Gasteiger partial charge in [-0.2, -0.15) is 0 Å². The topological polar surface area (TPSA) is 36.4 Å². The molecule has 86 valence electrons. The van der Waals surface area contributed by atoms with Gasteiger partial charge in [0.05, 0.1) is 13.1 Å². The number of halogens is 1.